The normalized spacial score (nSPS) is 21.6. The third-order valence-corrected chi connectivity index (χ3v) is 2.93. The smallest absolute Gasteiger partial charge is 0.203 e. The van der Waals surface area contributed by atoms with Gasteiger partial charge in [-0.3, -0.25) is 0 Å². The van der Waals surface area contributed by atoms with Crippen LogP contribution in [0.2, 0.25) is 0 Å². The van der Waals surface area contributed by atoms with Crippen LogP contribution in [0.3, 0.4) is 0 Å². The van der Waals surface area contributed by atoms with E-state index in [1.807, 2.05) is 12.4 Å². The third kappa shape index (κ3) is 3.44. The summed E-state index contributed by atoms with van der Waals surface area (Å²) in [6.07, 6.45) is 6.45. The zero-order valence-electron chi connectivity index (χ0n) is 10.6. The summed E-state index contributed by atoms with van der Waals surface area (Å²) in [6, 6.07) is 0.255. The van der Waals surface area contributed by atoms with Gasteiger partial charge >= 0.3 is 0 Å². The van der Waals surface area contributed by atoms with E-state index in [0.717, 1.165) is 25.5 Å². The van der Waals surface area contributed by atoms with E-state index >= 15 is 0 Å². The van der Waals surface area contributed by atoms with Crippen molar-refractivity contribution in [1.82, 2.24) is 9.55 Å². The highest BCUT2D eigenvalue weighted by atomic mass is 16.5. The van der Waals surface area contributed by atoms with E-state index in [2.05, 4.69) is 21.8 Å². The maximum Gasteiger partial charge on any atom is 0.203 e. The summed E-state index contributed by atoms with van der Waals surface area (Å²) in [4.78, 5) is 4.32. The summed E-state index contributed by atoms with van der Waals surface area (Å²) in [6.45, 7) is 4.52. The van der Waals surface area contributed by atoms with Crippen LogP contribution in [0, 0.1) is 0 Å². The Kier molecular flexibility index (Phi) is 4.39. The summed E-state index contributed by atoms with van der Waals surface area (Å²) < 4.78 is 12.8. The standard InChI is InChI=1S/C12H21N3O2/c1-10(9-16-2)14-12-13-5-6-15(12)8-11-4-3-7-17-11/h5-6,10-11H,3-4,7-9H2,1-2H3,(H,13,14). The van der Waals surface area contributed by atoms with Crippen LogP contribution in [0.1, 0.15) is 19.8 Å². The molecule has 2 heterocycles. The predicted octanol–water partition coefficient (Wildman–Crippen LogP) is 1.51. The molecule has 0 saturated carbocycles. The van der Waals surface area contributed by atoms with Crippen LogP contribution in [0.4, 0.5) is 5.95 Å². The van der Waals surface area contributed by atoms with Crippen molar-refractivity contribution in [2.24, 2.45) is 0 Å². The molecule has 5 nitrogen and oxygen atoms in total. The number of aromatic nitrogens is 2. The lowest BCUT2D eigenvalue weighted by atomic mass is 10.2. The SMILES string of the molecule is COCC(C)Nc1nccn1CC1CCCO1. The molecule has 1 saturated heterocycles. The highest BCUT2D eigenvalue weighted by Gasteiger charge is 2.17. The van der Waals surface area contributed by atoms with Crippen molar-refractivity contribution in [3.8, 4) is 0 Å². The number of hydrogen-bond donors (Lipinski definition) is 1. The molecule has 0 amide bonds. The summed E-state index contributed by atoms with van der Waals surface area (Å²) in [5.74, 6) is 0.894. The van der Waals surface area contributed by atoms with E-state index in [0.29, 0.717) is 12.7 Å². The molecule has 17 heavy (non-hydrogen) atoms. The second-order valence-electron chi connectivity index (χ2n) is 4.54. The fourth-order valence-electron chi connectivity index (χ4n) is 2.12. The summed E-state index contributed by atoms with van der Waals surface area (Å²) in [5.41, 5.74) is 0. The third-order valence-electron chi connectivity index (χ3n) is 2.93. The first-order chi connectivity index (χ1) is 8.29. The van der Waals surface area contributed by atoms with Crippen LogP contribution >= 0.6 is 0 Å². The van der Waals surface area contributed by atoms with Gasteiger partial charge < -0.3 is 19.4 Å². The first kappa shape index (κ1) is 12.4. The monoisotopic (exact) mass is 239 g/mol. The Bertz CT molecular complexity index is 334. The molecule has 0 radical (unpaired) electrons. The zero-order valence-corrected chi connectivity index (χ0v) is 10.6. The molecule has 0 aliphatic carbocycles. The van der Waals surface area contributed by atoms with Crippen molar-refractivity contribution in [2.75, 3.05) is 25.6 Å². The molecule has 1 N–H and O–H groups in total. The molecule has 2 unspecified atom stereocenters. The minimum atomic E-state index is 0.255. The largest absolute Gasteiger partial charge is 0.383 e. The van der Waals surface area contributed by atoms with Crippen molar-refractivity contribution in [2.45, 2.75) is 38.5 Å². The Morgan fingerprint density at radius 2 is 2.59 bits per heavy atom. The van der Waals surface area contributed by atoms with Gasteiger partial charge in [-0.05, 0) is 19.8 Å². The Hall–Kier alpha value is -1.07. The van der Waals surface area contributed by atoms with Crippen molar-refractivity contribution >= 4 is 5.95 Å². The minimum Gasteiger partial charge on any atom is -0.383 e. The van der Waals surface area contributed by atoms with Crippen LogP contribution < -0.4 is 5.32 Å². The van der Waals surface area contributed by atoms with Crippen LogP contribution in [0.25, 0.3) is 0 Å². The number of ether oxygens (including phenoxy) is 2. The summed E-state index contributed by atoms with van der Waals surface area (Å²) in [7, 11) is 1.71. The molecular formula is C12H21N3O2. The van der Waals surface area contributed by atoms with Gasteiger partial charge in [0.25, 0.3) is 0 Å². The number of imidazole rings is 1. The number of rotatable bonds is 6. The van der Waals surface area contributed by atoms with E-state index in [1.54, 1.807) is 7.11 Å². The number of hydrogen-bond acceptors (Lipinski definition) is 4. The van der Waals surface area contributed by atoms with Gasteiger partial charge in [-0.15, -0.1) is 0 Å². The predicted molar refractivity (Wildman–Crippen MR) is 66.2 cm³/mol. The molecule has 1 aromatic heterocycles. The van der Waals surface area contributed by atoms with Gasteiger partial charge in [0.05, 0.1) is 19.3 Å². The molecule has 0 aromatic carbocycles. The van der Waals surface area contributed by atoms with Crippen molar-refractivity contribution < 1.29 is 9.47 Å². The van der Waals surface area contributed by atoms with E-state index in [4.69, 9.17) is 9.47 Å². The molecule has 1 aliphatic heterocycles. The van der Waals surface area contributed by atoms with Gasteiger partial charge in [-0.25, -0.2) is 4.98 Å². The van der Waals surface area contributed by atoms with Crippen LogP contribution in [0.5, 0.6) is 0 Å². The number of methoxy groups -OCH3 is 1. The van der Waals surface area contributed by atoms with E-state index < -0.39 is 0 Å². The maximum absolute atomic E-state index is 5.63. The molecule has 5 heteroatoms. The van der Waals surface area contributed by atoms with E-state index in [1.165, 1.54) is 6.42 Å². The van der Waals surface area contributed by atoms with Crippen molar-refractivity contribution in [3.63, 3.8) is 0 Å². The average Bonchev–Trinajstić information content (AvgIpc) is 2.92. The van der Waals surface area contributed by atoms with Gasteiger partial charge in [0.2, 0.25) is 5.95 Å². The molecule has 2 rings (SSSR count). The lowest BCUT2D eigenvalue weighted by molar-refractivity contribution is 0.0973. The van der Waals surface area contributed by atoms with Crippen LogP contribution in [0.15, 0.2) is 12.4 Å². The molecule has 1 aromatic rings. The molecule has 2 atom stereocenters. The Morgan fingerprint density at radius 3 is 3.29 bits per heavy atom. The second kappa shape index (κ2) is 6.02. The first-order valence-corrected chi connectivity index (χ1v) is 6.18. The minimum absolute atomic E-state index is 0.255. The second-order valence-corrected chi connectivity index (χ2v) is 4.54. The van der Waals surface area contributed by atoms with E-state index in [-0.39, 0.29) is 6.04 Å². The van der Waals surface area contributed by atoms with Gasteiger partial charge in [0, 0.05) is 32.2 Å². The Labute approximate surface area is 102 Å². The number of anilines is 1. The first-order valence-electron chi connectivity index (χ1n) is 6.18. The van der Waals surface area contributed by atoms with Crippen molar-refractivity contribution in [3.05, 3.63) is 12.4 Å². The van der Waals surface area contributed by atoms with Gasteiger partial charge in [-0.1, -0.05) is 0 Å². The number of nitrogens with one attached hydrogen (secondary N) is 1. The van der Waals surface area contributed by atoms with Gasteiger partial charge in [-0.2, -0.15) is 0 Å². The lowest BCUT2D eigenvalue weighted by Gasteiger charge is -2.17. The molecule has 1 aliphatic rings. The Morgan fingerprint density at radius 1 is 1.71 bits per heavy atom. The van der Waals surface area contributed by atoms with E-state index in [9.17, 15) is 0 Å². The lowest BCUT2D eigenvalue weighted by Crippen LogP contribution is -2.24. The fourth-order valence-corrected chi connectivity index (χ4v) is 2.12. The molecule has 96 valence electrons. The van der Waals surface area contributed by atoms with Gasteiger partial charge in [0.1, 0.15) is 0 Å². The highest BCUT2D eigenvalue weighted by molar-refractivity contribution is 5.27. The number of nitrogens with zero attached hydrogens (tertiary/aromatic N) is 2. The van der Waals surface area contributed by atoms with Crippen LogP contribution in [-0.4, -0.2) is 42.0 Å². The topological polar surface area (TPSA) is 48.3 Å². The van der Waals surface area contributed by atoms with Crippen LogP contribution in [-0.2, 0) is 16.0 Å². The summed E-state index contributed by atoms with van der Waals surface area (Å²) in [5, 5.41) is 3.34. The molecule has 1 fully saturated rings. The zero-order chi connectivity index (χ0) is 12.1. The average molecular weight is 239 g/mol. The Balaban J connectivity index is 1.91. The highest BCUT2D eigenvalue weighted by Crippen LogP contribution is 2.16. The van der Waals surface area contributed by atoms with Gasteiger partial charge in [0.15, 0.2) is 0 Å². The molecular weight excluding hydrogens is 218 g/mol. The molecule has 0 spiro atoms. The maximum atomic E-state index is 5.63. The summed E-state index contributed by atoms with van der Waals surface area (Å²) >= 11 is 0. The quantitative estimate of drug-likeness (QED) is 0.817. The molecule has 0 bridgehead atoms. The fraction of sp³-hybridized carbons (Fsp3) is 0.750. The van der Waals surface area contributed by atoms with Crippen molar-refractivity contribution in [1.29, 1.82) is 0 Å².